The van der Waals surface area contributed by atoms with Gasteiger partial charge in [-0.3, -0.25) is 0 Å². The van der Waals surface area contributed by atoms with E-state index in [-0.39, 0.29) is 5.41 Å². The maximum Gasteiger partial charge on any atom is 0.347 e. The molecule has 0 saturated carbocycles. The first-order valence-electron chi connectivity index (χ1n) is 8.12. The second kappa shape index (κ2) is 7.84. The van der Waals surface area contributed by atoms with Crippen LogP contribution in [0, 0.1) is 0 Å². The second-order valence-electron chi connectivity index (χ2n) is 6.22. The molecule has 2 aromatic rings. The van der Waals surface area contributed by atoms with Crippen molar-refractivity contribution in [2.75, 3.05) is 6.61 Å². The van der Waals surface area contributed by atoms with Crippen LogP contribution in [-0.4, -0.2) is 12.6 Å². The van der Waals surface area contributed by atoms with Crippen molar-refractivity contribution in [2.24, 2.45) is 0 Å². The smallest absolute Gasteiger partial charge is 0.347 e. The van der Waals surface area contributed by atoms with Gasteiger partial charge >= 0.3 is 5.97 Å². The Morgan fingerprint density at radius 1 is 1.08 bits per heavy atom. The lowest BCUT2D eigenvalue weighted by atomic mass is 9.82. The fourth-order valence-corrected chi connectivity index (χ4v) is 2.64. The van der Waals surface area contributed by atoms with Gasteiger partial charge in [-0.15, -0.1) is 0 Å². The molecule has 0 unspecified atom stereocenters. The predicted octanol–water partition coefficient (Wildman–Crippen LogP) is 5.75. The van der Waals surface area contributed by atoms with Crippen LogP contribution in [0.1, 0.15) is 50.0 Å². The number of hydrogen-bond acceptors (Lipinski definition) is 3. The monoisotopic (exact) mass is 390 g/mol. The standard InChI is InChI=1S/C20H23BrO3/c1-5-20(3,4)14-7-10-16(11-8-14)24-19(22)17-13-15(21)9-12-18(17)23-6-2/h7-13H,5-6H2,1-4H3. The summed E-state index contributed by atoms with van der Waals surface area (Å²) in [6.07, 6.45) is 1.04. The van der Waals surface area contributed by atoms with Gasteiger partial charge in [-0.1, -0.05) is 48.8 Å². The molecule has 3 nitrogen and oxygen atoms in total. The molecule has 0 aromatic heterocycles. The quantitative estimate of drug-likeness (QED) is 0.464. The van der Waals surface area contributed by atoms with Crippen molar-refractivity contribution < 1.29 is 14.3 Å². The van der Waals surface area contributed by atoms with Gasteiger partial charge in [0.1, 0.15) is 17.1 Å². The lowest BCUT2D eigenvalue weighted by Crippen LogP contribution is -2.15. The van der Waals surface area contributed by atoms with Crippen molar-refractivity contribution in [3.8, 4) is 11.5 Å². The molecule has 0 amide bonds. The SMILES string of the molecule is CCOc1ccc(Br)cc1C(=O)Oc1ccc(C(C)(C)CC)cc1. The van der Waals surface area contributed by atoms with Crippen molar-refractivity contribution in [3.63, 3.8) is 0 Å². The Morgan fingerprint density at radius 2 is 1.75 bits per heavy atom. The van der Waals surface area contributed by atoms with Crippen LogP contribution in [0.4, 0.5) is 0 Å². The first-order valence-corrected chi connectivity index (χ1v) is 8.91. The average Bonchev–Trinajstić information content (AvgIpc) is 2.57. The lowest BCUT2D eigenvalue weighted by Gasteiger charge is -2.23. The van der Waals surface area contributed by atoms with E-state index in [1.54, 1.807) is 12.1 Å². The number of hydrogen-bond donors (Lipinski definition) is 0. The molecule has 0 radical (unpaired) electrons. The highest BCUT2D eigenvalue weighted by Crippen LogP contribution is 2.29. The zero-order valence-corrected chi connectivity index (χ0v) is 16.1. The van der Waals surface area contributed by atoms with E-state index in [0.717, 1.165) is 10.9 Å². The van der Waals surface area contributed by atoms with Crippen molar-refractivity contribution >= 4 is 21.9 Å². The molecule has 0 aliphatic carbocycles. The average molecular weight is 391 g/mol. The van der Waals surface area contributed by atoms with Crippen molar-refractivity contribution in [1.82, 2.24) is 0 Å². The highest BCUT2D eigenvalue weighted by Gasteiger charge is 2.19. The number of esters is 1. The zero-order chi connectivity index (χ0) is 17.7. The molecule has 2 aromatic carbocycles. The Bertz CT molecular complexity index is 705. The molecule has 0 fully saturated rings. The van der Waals surface area contributed by atoms with E-state index in [1.165, 1.54) is 5.56 Å². The normalized spacial score (nSPS) is 11.2. The summed E-state index contributed by atoms with van der Waals surface area (Å²) in [7, 11) is 0. The summed E-state index contributed by atoms with van der Waals surface area (Å²) in [5.41, 5.74) is 1.74. The number of ether oxygens (including phenoxy) is 2. The summed E-state index contributed by atoms with van der Waals surface area (Å²) in [5.74, 6) is 0.620. The van der Waals surface area contributed by atoms with Gasteiger partial charge in [-0.05, 0) is 54.7 Å². The van der Waals surface area contributed by atoms with Gasteiger partial charge < -0.3 is 9.47 Å². The second-order valence-corrected chi connectivity index (χ2v) is 7.14. The predicted molar refractivity (Wildman–Crippen MR) is 100 cm³/mol. The van der Waals surface area contributed by atoms with Crippen LogP contribution < -0.4 is 9.47 Å². The molecule has 2 rings (SSSR count). The summed E-state index contributed by atoms with van der Waals surface area (Å²) in [4.78, 5) is 12.5. The number of rotatable bonds is 6. The third kappa shape index (κ3) is 4.38. The van der Waals surface area contributed by atoms with Crippen LogP contribution >= 0.6 is 15.9 Å². The number of carbonyl (C=O) groups excluding carboxylic acids is 1. The summed E-state index contributed by atoms with van der Waals surface area (Å²) < 4.78 is 11.8. The first kappa shape index (κ1) is 18.5. The zero-order valence-electron chi connectivity index (χ0n) is 14.6. The molecule has 0 spiro atoms. The fourth-order valence-electron chi connectivity index (χ4n) is 2.28. The van der Waals surface area contributed by atoms with Gasteiger partial charge in [0.25, 0.3) is 0 Å². The summed E-state index contributed by atoms with van der Waals surface area (Å²) in [6.45, 7) is 8.93. The number of carbonyl (C=O) groups is 1. The summed E-state index contributed by atoms with van der Waals surface area (Å²) in [6, 6.07) is 13.0. The molecule has 0 saturated heterocycles. The van der Waals surface area contributed by atoms with E-state index in [2.05, 4.69) is 36.7 Å². The van der Waals surface area contributed by atoms with E-state index < -0.39 is 5.97 Å². The number of benzene rings is 2. The minimum atomic E-state index is -0.428. The molecule has 0 N–H and O–H groups in total. The summed E-state index contributed by atoms with van der Waals surface area (Å²) >= 11 is 3.38. The van der Waals surface area contributed by atoms with Gasteiger partial charge in [0.2, 0.25) is 0 Å². The van der Waals surface area contributed by atoms with Crippen molar-refractivity contribution in [1.29, 1.82) is 0 Å². The molecule has 0 aliphatic rings. The lowest BCUT2D eigenvalue weighted by molar-refractivity contribution is 0.0730. The molecule has 0 aliphatic heterocycles. The van der Waals surface area contributed by atoms with E-state index >= 15 is 0 Å². The van der Waals surface area contributed by atoms with E-state index in [1.807, 2.05) is 37.3 Å². The minimum absolute atomic E-state index is 0.106. The van der Waals surface area contributed by atoms with Crippen LogP contribution in [0.25, 0.3) is 0 Å². The van der Waals surface area contributed by atoms with Crippen LogP contribution in [0.2, 0.25) is 0 Å². The minimum Gasteiger partial charge on any atom is -0.493 e. The topological polar surface area (TPSA) is 35.5 Å². The highest BCUT2D eigenvalue weighted by molar-refractivity contribution is 9.10. The maximum absolute atomic E-state index is 12.5. The Kier molecular flexibility index (Phi) is 6.05. The molecule has 24 heavy (non-hydrogen) atoms. The van der Waals surface area contributed by atoms with Crippen molar-refractivity contribution in [3.05, 3.63) is 58.1 Å². The molecule has 128 valence electrons. The van der Waals surface area contributed by atoms with Gasteiger partial charge in [0.15, 0.2) is 0 Å². The number of halogens is 1. The summed E-state index contributed by atoms with van der Waals surface area (Å²) in [5, 5.41) is 0. The molecule has 0 heterocycles. The van der Waals surface area contributed by atoms with Crippen LogP contribution in [0.15, 0.2) is 46.9 Å². The first-order chi connectivity index (χ1) is 11.4. The maximum atomic E-state index is 12.5. The molecular weight excluding hydrogens is 368 g/mol. The Morgan fingerprint density at radius 3 is 2.33 bits per heavy atom. The van der Waals surface area contributed by atoms with Gasteiger partial charge in [-0.2, -0.15) is 0 Å². The van der Waals surface area contributed by atoms with E-state index in [9.17, 15) is 4.79 Å². The largest absolute Gasteiger partial charge is 0.493 e. The van der Waals surface area contributed by atoms with E-state index in [4.69, 9.17) is 9.47 Å². The van der Waals surface area contributed by atoms with Gasteiger partial charge in [-0.25, -0.2) is 4.79 Å². The van der Waals surface area contributed by atoms with Gasteiger partial charge in [0.05, 0.1) is 6.61 Å². The van der Waals surface area contributed by atoms with Crippen LogP contribution in [-0.2, 0) is 5.41 Å². The fraction of sp³-hybridized carbons (Fsp3) is 0.350. The molecular formula is C20H23BrO3. The van der Waals surface area contributed by atoms with Crippen LogP contribution in [0.3, 0.4) is 0 Å². The Hall–Kier alpha value is -1.81. The molecule has 0 bridgehead atoms. The Balaban J connectivity index is 2.20. The van der Waals surface area contributed by atoms with Gasteiger partial charge in [0, 0.05) is 4.47 Å². The molecule has 0 atom stereocenters. The Labute approximate surface area is 152 Å². The highest BCUT2D eigenvalue weighted by atomic mass is 79.9. The molecule has 4 heteroatoms. The van der Waals surface area contributed by atoms with Crippen LogP contribution in [0.5, 0.6) is 11.5 Å². The van der Waals surface area contributed by atoms with E-state index in [0.29, 0.717) is 23.7 Å². The third-order valence-corrected chi connectivity index (χ3v) is 4.68. The van der Waals surface area contributed by atoms with Crippen molar-refractivity contribution in [2.45, 2.75) is 39.5 Å². The third-order valence-electron chi connectivity index (χ3n) is 4.19.